The second-order valence-electron chi connectivity index (χ2n) is 9.72. The van der Waals surface area contributed by atoms with Crippen molar-refractivity contribution in [3.8, 4) is 11.5 Å². The molecule has 0 saturated carbocycles. The number of hydrogen-bond acceptors (Lipinski definition) is 12. The first-order valence-electron chi connectivity index (χ1n) is 14.2. The van der Waals surface area contributed by atoms with Crippen molar-refractivity contribution in [1.29, 1.82) is 0 Å². The highest BCUT2D eigenvalue weighted by atomic mass is 32.1. The fourth-order valence-corrected chi connectivity index (χ4v) is 4.79. The minimum atomic E-state index is -0.425. The zero-order valence-corrected chi connectivity index (χ0v) is 25.3. The Morgan fingerprint density at radius 3 is 2.81 bits per heavy atom. The first-order chi connectivity index (χ1) is 20.6. The number of esters is 1. The van der Waals surface area contributed by atoms with E-state index in [9.17, 15) is 4.79 Å². The standard InChI is InChI=1S/C29H40N8O4S/c1-4-5-13-40-25(38)19-41-24-16-22(7-8-23(24)39-14-10-31-29-32-11-15-42-29)36-28-26-21(17-33-27(26)34-20-35-28)18-37(3)12-6-9-30-2/h7-8,11,15-17,20,30H,4-6,9-10,12-14,18-19H2,1-3H3,(H,31,32)(H2,33,34,35,36). The van der Waals surface area contributed by atoms with E-state index in [-0.39, 0.29) is 6.61 Å². The van der Waals surface area contributed by atoms with Crippen molar-refractivity contribution in [3.05, 3.63) is 47.9 Å². The van der Waals surface area contributed by atoms with Gasteiger partial charge in [0.1, 0.15) is 24.4 Å². The van der Waals surface area contributed by atoms with E-state index in [1.807, 2.05) is 37.7 Å². The summed E-state index contributed by atoms with van der Waals surface area (Å²) in [6.07, 6.45) is 8.07. The summed E-state index contributed by atoms with van der Waals surface area (Å²) in [6, 6.07) is 5.50. The summed E-state index contributed by atoms with van der Waals surface area (Å²) in [7, 11) is 4.07. The highest BCUT2D eigenvalue weighted by molar-refractivity contribution is 7.13. The Morgan fingerprint density at radius 1 is 1.10 bits per heavy atom. The van der Waals surface area contributed by atoms with Gasteiger partial charge in [-0.1, -0.05) is 13.3 Å². The molecule has 4 rings (SSSR count). The highest BCUT2D eigenvalue weighted by Gasteiger charge is 2.15. The van der Waals surface area contributed by atoms with Gasteiger partial charge in [0.2, 0.25) is 0 Å². The van der Waals surface area contributed by atoms with Crippen LogP contribution in [-0.2, 0) is 16.1 Å². The second kappa shape index (κ2) is 16.5. The number of ether oxygens (including phenoxy) is 3. The molecule has 0 aliphatic carbocycles. The Kier molecular flexibility index (Phi) is 12.2. The van der Waals surface area contributed by atoms with Gasteiger partial charge in [0, 0.05) is 36.1 Å². The average molecular weight is 597 g/mol. The van der Waals surface area contributed by atoms with Gasteiger partial charge in [-0.05, 0) is 57.7 Å². The molecule has 0 spiro atoms. The molecule has 3 heterocycles. The molecule has 4 N–H and O–H groups in total. The van der Waals surface area contributed by atoms with Crippen LogP contribution in [0, 0.1) is 0 Å². The summed E-state index contributed by atoms with van der Waals surface area (Å²) in [6.45, 7) is 5.82. The number of hydrogen-bond donors (Lipinski definition) is 4. The van der Waals surface area contributed by atoms with Crippen molar-refractivity contribution in [2.24, 2.45) is 0 Å². The van der Waals surface area contributed by atoms with E-state index < -0.39 is 5.97 Å². The number of anilines is 3. The van der Waals surface area contributed by atoms with Crippen LogP contribution in [0.4, 0.5) is 16.6 Å². The van der Waals surface area contributed by atoms with Gasteiger partial charge in [-0.3, -0.25) is 0 Å². The third-order valence-corrected chi connectivity index (χ3v) is 7.07. The SMILES string of the molecule is CCCCOC(=O)COc1cc(Nc2ncnc3[nH]cc(CN(C)CCCNC)c23)ccc1OCCNc1nccs1. The highest BCUT2D eigenvalue weighted by Crippen LogP contribution is 2.33. The molecule has 0 amide bonds. The van der Waals surface area contributed by atoms with Gasteiger partial charge < -0.3 is 40.0 Å². The minimum absolute atomic E-state index is 0.222. The van der Waals surface area contributed by atoms with E-state index in [1.54, 1.807) is 12.3 Å². The molecule has 0 unspecified atom stereocenters. The van der Waals surface area contributed by atoms with Crippen molar-refractivity contribution < 1.29 is 19.0 Å². The third-order valence-electron chi connectivity index (χ3n) is 6.34. The van der Waals surface area contributed by atoms with Gasteiger partial charge in [0.25, 0.3) is 0 Å². The van der Waals surface area contributed by atoms with Crippen molar-refractivity contribution in [3.63, 3.8) is 0 Å². The molecule has 0 aliphatic heterocycles. The number of nitrogens with zero attached hydrogens (tertiary/aromatic N) is 4. The molecule has 0 aliphatic rings. The summed E-state index contributed by atoms with van der Waals surface area (Å²) in [5.74, 6) is 1.18. The molecular weight excluding hydrogens is 556 g/mol. The molecule has 3 aromatic heterocycles. The van der Waals surface area contributed by atoms with E-state index in [2.05, 4.69) is 47.8 Å². The number of nitrogens with one attached hydrogen (secondary N) is 4. The summed E-state index contributed by atoms with van der Waals surface area (Å²) in [5, 5.41) is 13.5. The van der Waals surface area contributed by atoms with Crippen LogP contribution < -0.4 is 25.4 Å². The molecular formula is C29H40N8O4S. The Hall–Kier alpha value is -3.94. The summed E-state index contributed by atoms with van der Waals surface area (Å²) in [5.41, 5.74) is 2.58. The third kappa shape index (κ3) is 9.29. The number of benzene rings is 1. The smallest absolute Gasteiger partial charge is 0.344 e. The Bertz CT molecular complexity index is 1380. The van der Waals surface area contributed by atoms with Crippen LogP contribution in [0.2, 0.25) is 0 Å². The molecule has 13 heteroatoms. The molecule has 0 fully saturated rings. The normalized spacial score (nSPS) is 11.1. The summed E-state index contributed by atoms with van der Waals surface area (Å²) < 4.78 is 17.1. The van der Waals surface area contributed by atoms with Crippen LogP contribution in [0.15, 0.2) is 42.3 Å². The lowest BCUT2D eigenvalue weighted by atomic mass is 10.2. The topological polar surface area (TPSA) is 139 Å². The maximum Gasteiger partial charge on any atom is 0.344 e. The molecule has 4 aromatic rings. The van der Waals surface area contributed by atoms with E-state index in [0.717, 1.165) is 66.3 Å². The minimum Gasteiger partial charge on any atom is -0.488 e. The predicted molar refractivity (Wildman–Crippen MR) is 166 cm³/mol. The van der Waals surface area contributed by atoms with Crippen LogP contribution in [0.3, 0.4) is 0 Å². The molecule has 42 heavy (non-hydrogen) atoms. The maximum atomic E-state index is 12.2. The molecule has 0 atom stereocenters. The number of fused-ring (bicyclic) bond motifs is 1. The zero-order valence-electron chi connectivity index (χ0n) is 24.4. The first kappa shape index (κ1) is 31.0. The number of unbranched alkanes of at least 4 members (excludes halogenated alkanes) is 1. The Balaban J connectivity index is 1.48. The van der Waals surface area contributed by atoms with E-state index in [1.165, 1.54) is 17.7 Å². The van der Waals surface area contributed by atoms with Crippen LogP contribution in [0.25, 0.3) is 11.0 Å². The monoisotopic (exact) mass is 596 g/mol. The average Bonchev–Trinajstić information content (AvgIpc) is 3.66. The largest absolute Gasteiger partial charge is 0.488 e. The van der Waals surface area contributed by atoms with Crippen LogP contribution in [0.1, 0.15) is 31.7 Å². The van der Waals surface area contributed by atoms with Crippen molar-refractivity contribution in [2.45, 2.75) is 32.7 Å². The number of carbonyl (C=O) groups excluding carboxylic acids is 1. The molecule has 226 valence electrons. The number of thiazole rings is 1. The lowest BCUT2D eigenvalue weighted by Gasteiger charge is -2.17. The second-order valence-corrected chi connectivity index (χ2v) is 10.6. The summed E-state index contributed by atoms with van der Waals surface area (Å²) in [4.78, 5) is 31.0. The molecule has 12 nitrogen and oxygen atoms in total. The molecule has 0 radical (unpaired) electrons. The van der Waals surface area contributed by atoms with Gasteiger partial charge in [0.15, 0.2) is 23.2 Å². The molecule has 0 bridgehead atoms. The fraction of sp³-hybridized carbons (Fsp3) is 0.448. The summed E-state index contributed by atoms with van der Waals surface area (Å²) >= 11 is 1.52. The van der Waals surface area contributed by atoms with Gasteiger partial charge >= 0.3 is 5.97 Å². The van der Waals surface area contributed by atoms with Gasteiger partial charge in [-0.2, -0.15) is 0 Å². The molecule has 0 saturated heterocycles. The van der Waals surface area contributed by atoms with Gasteiger partial charge in [-0.25, -0.2) is 19.7 Å². The van der Waals surface area contributed by atoms with E-state index in [0.29, 0.717) is 37.1 Å². The number of aromatic amines is 1. The fourth-order valence-electron chi connectivity index (χ4n) is 4.23. The van der Waals surface area contributed by atoms with Gasteiger partial charge in [0.05, 0.1) is 18.5 Å². The zero-order chi connectivity index (χ0) is 29.6. The van der Waals surface area contributed by atoms with Gasteiger partial charge in [-0.15, -0.1) is 11.3 Å². The van der Waals surface area contributed by atoms with E-state index >= 15 is 0 Å². The van der Waals surface area contributed by atoms with Crippen molar-refractivity contribution in [2.75, 3.05) is 64.2 Å². The number of aromatic nitrogens is 4. The predicted octanol–water partition coefficient (Wildman–Crippen LogP) is 4.41. The lowest BCUT2D eigenvalue weighted by Crippen LogP contribution is -2.22. The Labute approximate surface area is 250 Å². The van der Waals surface area contributed by atoms with Crippen molar-refractivity contribution in [1.82, 2.24) is 30.2 Å². The number of rotatable bonds is 19. The van der Waals surface area contributed by atoms with Crippen LogP contribution in [0.5, 0.6) is 11.5 Å². The van der Waals surface area contributed by atoms with Crippen LogP contribution >= 0.6 is 11.3 Å². The Morgan fingerprint density at radius 2 is 2.00 bits per heavy atom. The lowest BCUT2D eigenvalue weighted by molar-refractivity contribution is -0.146. The van der Waals surface area contributed by atoms with Crippen LogP contribution in [-0.4, -0.2) is 84.4 Å². The van der Waals surface area contributed by atoms with E-state index in [4.69, 9.17) is 14.2 Å². The van der Waals surface area contributed by atoms with Crippen molar-refractivity contribution >= 4 is 45.0 Å². The maximum absolute atomic E-state index is 12.2. The quantitative estimate of drug-likeness (QED) is 0.0904. The number of carbonyl (C=O) groups is 1. The molecule has 1 aromatic carbocycles. The number of H-pyrrole nitrogens is 1. The first-order valence-corrected chi connectivity index (χ1v) is 15.0.